The summed E-state index contributed by atoms with van der Waals surface area (Å²) in [5, 5.41) is 3.77. The Morgan fingerprint density at radius 1 is 0.640 bits per heavy atom. The molecule has 0 unspecified atom stereocenters. The fraction of sp³-hybridized carbons (Fsp3) is 0.636. The standard InChI is InChI=1S/2C11H19Si.Mo/c2*1-4-12(5-2,6-3)11-9-7-8-10-11;/h2*7,9H,4-6,8H2,1-3H3;. The molecule has 0 amide bonds. The second-order valence-electron chi connectivity index (χ2n) is 7.67. The summed E-state index contributed by atoms with van der Waals surface area (Å²) < 4.78 is 3.84. The van der Waals surface area contributed by atoms with Crippen LogP contribution in [0.4, 0.5) is 0 Å². The van der Waals surface area contributed by atoms with Gasteiger partial charge in [-0.3, -0.25) is 0 Å². The van der Waals surface area contributed by atoms with Crippen LogP contribution >= 0.6 is 0 Å². The average Bonchev–Trinajstić information content (AvgIpc) is 3.31. The first kappa shape index (κ1) is 21.4. The van der Waals surface area contributed by atoms with Gasteiger partial charge in [0.1, 0.15) is 0 Å². The first-order valence-corrected chi connectivity index (χ1v) is 17.8. The molecule has 140 valence electrons. The van der Waals surface area contributed by atoms with Crippen molar-refractivity contribution in [2.45, 2.75) is 90.6 Å². The van der Waals surface area contributed by atoms with Gasteiger partial charge < -0.3 is 0 Å². The molecule has 0 aliphatic heterocycles. The van der Waals surface area contributed by atoms with Crippen molar-refractivity contribution in [3.63, 3.8) is 0 Å². The van der Waals surface area contributed by atoms with Crippen LogP contribution in [0.5, 0.6) is 0 Å². The van der Waals surface area contributed by atoms with Gasteiger partial charge >= 0.3 is 168 Å². The van der Waals surface area contributed by atoms with Gasteiger partial charge in [-0.25, -0.2) is 0 Å². The van der Waals surface area contributed by atoms with Crippen molar-refractivity contribution in [3.8, 4) is 0 Å². The van der Waals surface area contributed by atoms with E-state index in [1.807, 2.05) is 18.3 Å². The third kappa shape index (κ3) is 4.01. The molecule has 3 heteroatoms. The van der Waals surface area contributed by atoms with Crippen LogP contribution in [-0.4, -0.2) is 16.1 Å². The third-order valence-electron chi connectivity index (χ3n) is 7.23. The molecule has 0 saturated carbocycles. The SMILES string of the molecule is CC[Si](CC)(CC)C1=[C]([Mo][C]2=C([Si](CC)(CC)CC)C=CC2)CC=C1. The van der Waals surface area contributed by atoms with Crippen LogP contribution in [0.2, 0.25) is 36.3 Å². The second kappa shape index (κ2) is 9.33. The van der Waals surface area contributed by atoms with Crippen molar-refractivity contribution >= 4 is 16.1 Å². The van der Waals surface area contributed by atoms with Crippen molar-refractivity contribution in [1.29, 1.82) is 0 Å². The molecule has 0 aromatic heterocycles. The molecule has 2 aliphatic carbocycles. The zero-order chi connectivity index (χ0) is 18.5. The van der Waals surface area contributed by atoms with E-state index >= 15 is 0 Å². The van der Waals surface area contributed by atoms with Gasteiger partial charge in [-0.2, -0.15) is 0 Å². The van der Waals surface area contributed by atoms with Crippen LogP contribution in [0.25, 0.3) is 0 Å². The van der Waals surface area contributed by atoms with Crippen molar-refractivity contribution in [1.82, 2.24) is 0 Å². The van der Waals surface area contributed by atoms with E-state index in [1.165, 1.54) is 49.1 Å². The first-order valence-electron chi connectivity index (χ1n) is 10.5. The zero-order valence-corrected chi connectivity index (χ0v) is 21.4. The van der Waals surface area contributed by atoms with Crippen LogP contribution in [-0.2, 0) is 18.6 Å². The summed E-state index contributed by atoms with van der Waals surface area (Å²) in [6.45, 7) is 14.8. The molecule has 0 saturated heterocycles. The monoisotopic (exact) mass is 456 g/mol. The van der Waals surface area contributed by atoms with Crippen molar-refractivity contribution in [2.24, 2.45) is 0 Å². The predicted octanol–water partition coefficient (Wildman–Crippen LogP) is 7.59. The number of allylic oxidation sites excluding steroid dienone is 8. The topological polar surface area (TPSA) is 0 Å². The summed E-state index contributed by atoms with van der Waals surface area (Å²) >= 11 is -0.146. The van der Waals surface area contributed by atoms with Crippen molar-refractivity contribution < 1.29 is 18.6 Å². The normalized spacial score (nSPS) is 18.2. The Bertz CT molecular complexity index is 519. The van der Waals surface area contributed by atoms with E-state index in [4.69, 9.17) is 0 Å². The summed E-state index contributed by atoms with van der Waals surface area (Å²) in [4.78, 5) is 0. The zero-order valence-electron chi connectivity index (χ0n) is 17.4. The summed E-state index contributed by atoms with van der Waals surface area (Å²) in [6, 6.07) is 8.57. The Hall–Kier alpha value is 0.0821. The summed E-state index contributed by atoms with van der Waals surface area (Å²) in [7, 11) is -2.44. The van der Waals surface area contributed by atoms with E-state index in [0.29, 0.717) is 0 Å². The minimum absolute atomic E-state index is 0.146. The molecule has 2 rings (SSSR count). The second-order valence-corrected chi connectivity index (χ2v) is 21.0. The van der Waals surface area contributed by atoms with Crippen LogP contribution in [0, 0.1) is 0 Å². The van der Waals surface area contributed by atoms with Crippen molar-refractivity contribution in [2.75, 3.05) is 0 Å². The molecule has 0 fully saturated rings. The van der Waals surface area contributed by atoms with E-state index < -0.39 is 16.1 Å². The predicted molar refractivity (Wildman–Crippen MR) is 116 cm³/mol. The molecule has 0 heterocycles. The molecule has 0 radical (unpaired) electrons. The number of hydrogen-bond donors (Lipinski definition) is 0. The van der Waals surface area contributed by atoms with Gasteiger partial charge in [-0.15, -0.1) is 0 Å². The number of hydrogen-bond acceptors (Lipinski definition) is 0. The van der Waals surface area contributed by atoms with Gasteiger partial charge in [0, 0.05) is 0 Å². The van der Waals surface area contributed by atoms with E-state index in [1.54, 1.807) is 0 Å². The maximum atomic E-state index is 2.57. The number of rotatable bonds is 10. The van der Waals surface area contributed by atoms with Crippen molar-refractivity contribution in [3.05, 3.63) is 42.6 Å². The van der Waals surface area contributed by atoms with Crippen LogP contribution in [0.15, 0.2) is 42.6 Å². The molecule has 0 N–H and O–H groups in total. The van der Waals surface area contributed by atoms with E-state index in [-0.39, 0.29) is 18.6 Å². The molecular formula is C22H38MoSi2. The van der Waals surface area contributed by atoms with Crippen LogP contribution in [0.3, 0.4) is 0 Å². The Labute approximate surface area is 167 Å². The van der Waals surface area contributed by atoms with Crippen LogP contribution in [0.1, 0.15) is 54.4 Å². The van der Waals surface area contributed by atoms with E-state index in [2.05, 4.69) is 65.8 Å². The fourth-order valence-electron chi connectivity index (χ4n) is 4.90. The molecule has 0 nitrogen and oxygen atoms in total. The third-order valence-corrected chi connectivity index (χ3v) is 22.6. The Balaban J connectivity index is 2.40. The minimum atomic E-state index is -1.22. The van der Waals surface area contributed by atoms with Crippen LogP contribution < -0.4 is 0 Å². The fourth-order valence-corrected chi connectivity index (χ4v) is 18.8. The maximum absolute atomic E-state index is 2.57. The molecule has 0 bridgehead atoms. The molecule has 0 aromatic carbocycles. The first-order chi connectivity index (χ1) is 12.1. The molecule has 0 atom stereocenters. The van der Waals surface area contributed by atoms with Gasteiger partial charge in [0.2, 0.25) is 0 Å². The molecule has 0 aromatic rings. The quantitative estimate of drug-likeness (QED) is 0.298. The van der Waals surface area contributed by atoms with Gasteiger partial charge in [0.05, 0.1) is 0 Å². The summed E-state index contributed by atoms with van der Waals surface area (Å²) in [5.41, 5.74) is 0. The average molecular weight is 455 g/mol. The summed E-state index contributed by atoms with van der Waals surface area (Å²) in [5.74, 6) is 0. The Morgan fingerprint density at radius 2 is 0.960 bits per heavy atom. The molecule has 2 aliphatic rings. The van der Waals surface area contributed by atoms with Gasteiger partial charge in [-0.1, -0.05) is 0 Å². The van der Waals surface area contributed by atoms with Gasteiger partial charge in [-0.05, 0) is 0 Å². The Kier molecular flexibility index (Phi) is 7.98. The molecule has 0 spiro atoms. The summed E-state index contributed by atoms with van der Waals surface area (Å²) in [6.07, 6.45) is 12.7. The van der Waals surface area contributed by atoms with E-state index in [9.17, 15) is 0 Å². The van der Waals surface area contributed by atoms with Gasteiger partial charge in [0.25, 0.3) is 0 Å². The molecule has 25 heavy (non-hydrogen) atoms. The molecular weight excluding hydrogens is 416 g/mol. The van der Waals surface area contributed by atoms with E-state index in [0.717, 1.165) is 0 Å². The van der Waals surface area contributed by atoms with Gasteiger partial charge in [0.15, 0.2) is 0 Å². The Morgan fingerprint density at radius 3 is 1.24 bits per heavy atom.